The van der Waals surface area contributed by atoms with Crippen LogP contribution in [0, 0.1) is 6.92 Å². The fourth-order valence-corrected chi connectivity index (χ4v) is 2.28. The van der Waals surface area contributed by atoms with E-state index in [9.17, 15) is 9.59 Å². The molecule has 0 radical (unpaired) electrons. The molecule has 1 amide bonds. The number of amides is 1. The highest BCUT2D eigenvalue weighted by molar-refractivity contribution is 6.31. The Kier molecular flexibility index (Phi) is 6.83. The third-order valence-corrected chi connectivity index (χ3v) is 3.72. The van der Waals surface area contributed by atoms with Gasteiger partial charge in [0.1, 0.15) is 0 Å². The number of ether oxygens (including phenoxy) is 1. The molecule has 2 rings (SSSR count). The van der Waals surface area contributed by atoms with Crippen LogP contribution in [-0.4, -0.2) is 25.0 Å². The van der Waals surface area contributed by atoms with Gasteiger partial charge in [0.25, 0.3) is 0 Å². The van der Waals surface area contributed by atoms with E-state index in [4.69, 9.17) is 16.3 Å². The topological polar surface area (TPSA) is 67.4 Å². The molecular weight excluding hydrogens is 340 g/mol. The Labute approximate surface area is 152 Å². The molecule has 0 aliphatic carbocycles. The standard InChI is InChI=1S/C19H21ClN2O3/c1-3-10-25-19(24)14-5-8-16(9-6-14)21-12-18(23)22-17-11-15(20)7-4-13(17)2/h4-9,11,21H,3,10,12H2,1-2H3,(H,22,23). The maximum atomic E-state index is 12.1. The zero-order chi connectivity index (χ0) is 18.2. The Morgan fingerprint density at radius 3 is 2.52 bits per heavy atom. The largest absolute Gasteiger partial charge is 0.462 e. The van der Waals surface area contributed by atoms with Crippen molar-refractivity contribution < 1.29 is 14.3 Å². The molecule has 6 heteroatoms. The van der Waals surface area contributed by atoms with Gasteiger partial charge in [0.05, 0.1) is 18.7 Å². The summed E-state index contributed by atoms with van der Waals surface area (Å²) in [6, 6.07) is 12.1. The average Bonchev–Trinajstić information content (AvgIpc) is 2.61. The Morgan fingerprint density at radius 2 is 1.84 bits per heavy atom. The van der Waals surface area contributed by atoms with Crippen LogP contribution >= 0.6 is 11.6 Å². The molecule has 0 aromatic heterocycles. The molecule has 0 heterocycles. The molecule has 0 saturated carbocycles. The normalized spacial score (nSPS) is 10.2. The quantitative estimate of drug-likeness (QED) is 0.724. The maximum Gasteiger partial charge on any atom is 0.338 e. The first kappa shape index (κ1) is 18.8. The molecule has 0 aliphatic heterocycles. The van der Waals surface area contributed by atoms with Crippen molar-refractivity contribution in [3.63, 3.8) is 0 Å². The highest BCUT2D eigenvalue weighted by Gasteiger charge is 2.08. The van der Waals surface area contributed by atoms with Crippen molar-refractivity contribution in [3.8, 4) is 0 Å². The lowest BCUT2D eigenvalue weighted by Crippen LogP contribution is -2.22. The fourth-order valence-electron chi connectivity index (χ4n) is 2.11. The second-order valence-corrected chi connectivity index (χ2v) is 6.01. The lowest BCUT2D eigenvalue weighted by Gasteiger charge is -2.10. The predicted octanol–water partition coefficient (Wildman–Crippen LogP) is 4.27. The van der Waals surface area contributed by atoms with E-state index in [0.717, 1.165) is 17.7 Å². The average molecular weight is 361 g/mol. The van der Waals surface area contributed by atoms with Gasteiger partial charge in [-0.3, -0.25) is 4.79 Å². The Bertz CT molecular complexity index is 745. The number of carbonyl (C=O) groups is 2. The number of carbonyl (C=O) groups excluding carboxylic acids is 2. The van der Waals surface area contributed by atoms with Crippen molar-refractivity contribution in [2.45, 2.75) is 20.3 Å². The summed E-state index contributed by atoms with van der Waals surface area (Å²) in [5.41, 5.74) is 2.85. The molecule has 0 unspecified atom stereocenters. The molecule has 2 aromatic rings. The van der Waals surface area contributed by atoms with E-state index < -0.39 is 0 Å². The van der Waals surface area contributed by atoms with Crippen molar-refractivity contribution in [2.75, 3.05) is 23.8 Å². The maximum absolute atomic E-state index is 12.1. The van der Waals surface area contributed by atoms with Crippen molar-refractivity contribution in [3.05, 3.63) is 58.6 Å². The van der Waals surface area contributed by atoms with Crippen LogP contribution in [-0.2, 0) is 9.53 Å². The third-order valence-electron chi connectivity index (χ3n) is 3.48. The van der Waals surface area contributed by atoms with Crippen molar-refractivity contribution in [1.29, 1.82) is 0 Å². The smallest absolute Gasteiger partial charge is 0.338 e. The molecule has 0 bridgehead atoms. The highest BCUT2D eigenvalue weighted by Crippen LogP contribution is 2.20. The van der Waals surface area contributed by atoms with E-state index in [1.54, 1.807) is 36.4 Å². The lowest BCUT2D eigenvalue weighted by atomic mass is 10.2. The van der Waals surface area contributed by atoms with Gasteiger partial charge in [0, 0.05) is 16.4 Å². The number of rotatable bonds is 7. The summed E-state index contributed by atoms with van der Waals surface area (Å²) >= 11 is 5.94. The Balaban J connectivity index is 1.87. The summed E-state index contributed by atoms with van der Waals surface area (Å²) in [4.78, 5) is 23.8. The second-order valence-electron chi connectivity index (χ2n) is 5.57. The first-order chi connectivity index (χ1) is 12.0. The number of esters is 1. The van der Waals surface area contributed by atoms with Crippen molar-refractivity contribution >= 4 is 34.9 Å². The van der Waals surface area contributed by atoms with E-state index in [1.165, 1.54) is 0 Å². The minimum absolute atomic E-state index is 0.103. The molecule has 5 nitrogen and oxygen atoms in total. The summed E-state index contributed by atoms with van der Waals surface area (Å²) in [6.07, 6.45) is 0.784. The fraction of sp³-hybridized carbons (Fsp3) is 0.263. The SMILES string of the molecule is CCCOC(=O)c1ccc(NCC(=O)Nc2cc(Cl)ccc2C)cc1. The van der Waals surface area contributed by atoms with Gasteiger partial charge >= 0.3 is 5.97 Å². The van der Waals surface area contributed by atoms with E-state index in [-0.39, 0.29) is 18.4 Å². The first-order valence-corrected chi connectivity index (χ1v) is 8.44. The minimum atomic E-state index is -0.345. The van der Waals surface area contributed by atoms with Crippen LogP contribution < -0.4 is 10.6 Å². The van der Waals surface area contributed by atoms with E-state index >= 15 is 0 Å². The summed E-state index contributed by atoms with van der Waals surface area (Å²) in [5.74, 6) is -0.528. The molecular formula is C19H21ClN2O3. The van der Waals surface area contributed by atoms with Gasteiger partial charge in [-0.1, -0.05) is 24.6 Å². The zero-order valence-corrected chi connectivity index (χ0v) is 15.0. The van der Waals surface area contributed by atoms with Crippen LogP contribution in [0.5, 0.6) is 0 Å². The van der Waals surface area contributed by atoms with Gasteiger partial charge in [-0.25, -0.2) is 4.79 Å². The number of benzene rings is 2. The van der Waals surface area contributed by atoms with Gasteiger partial charge in [-0.05, 0) is 55.3 Å². The molecule has 0 fully saturated rings. The van der Waals surface area contributed by atoms with E-state index in [2.05, 4.69) is 10.6 Å². The van der Waals surface area contributed by atoms with Crippen LogP contribution in [0.2, 0.25) is 5.02 Å². The highest BCUT2D eigenvalue weighted by atomic mass is 35.5. The van der Waals surface area contributed by atoms with Gasteiger partial charge in [0.15, 0.2) is 0 Å². The molecule has 25 heavy (non-hydrogen) atoms. The first-order valence-electron chi connectivity index (χ1n) is 8.06. The van der Waals surface area contributed by atoms with E-state index in [0.29, 0.717) is 22.9 Å². The molecule has 0 atom stereocenters. The molecule has 2 N–H and O–H groups in total. The summed E-state index contributed by atoms with van der Waals surface area (Å²) in [6.45, 7) is 4.35. The lowest BCUT2D eigenvalue weighted by molar-refractivity contribution is -0.114. The van der Waals surface area contributed by atoms with Crippen LogP contribution in [0.4, 0.5) is 11.4 Å². The van der Waals surface area contributed by atoms with Gasteiger partial charge in [-0.2, -0.15) is 0 Å². The molecule has 132 valence electrons. The van der Waals surface area contributed by atoms with Crippen LogP contribution in [0.3, 0.4) is 0 Å². The summed E-state index contributed by atoms with van der Waals surface area (Å²) in [7, 11) is 0. The van der Waals surface area contributed by atoms with Gasteiger partial charge < -0.3 is 15.4 Å². The van der Waals surface area contributed by atoms with Crippen molar-refractivity contribution in [2.24, 2.45) is 0 Å². The molecule has 0 spiro atoms. The van der Waals surface area contributed by atoms with Crippen LogP contribution in [0.25, 0.3) is 0 Å². The Hall–Kier alpha value is -2.53. The van der Waals surface area contributed by atoms with Crippen LogP contribution in [0.15, 0.2) is 42.5 Å². The van der Waals surface area contributed by atoms with Crippen molar-refractivity contribution in [1.82, 2.24) is 0 Å². The number of hydrogen-bond acceptors (Lipinski definition) is 4. The molecule has 2 aromatic carbocycles. The minimum Gasteiger partial charge on any atom is -0.462 e. The number of halogens is 1. The number of aryl methyl sites for hydroxylation is 1. The number of hydrogen-bond donors (Lipinski definition) is 2. The van der Waals surface area contributed by atoms with Crippen LogP contribution in [0.1, 0.15) is 29.3 Å². The summed E-state index contributed by atoms with van der Waals surface area (Å²) < 4.78 is 5.07. The predicted molar refractivity (Wildman–Crippen MR) is 100 cm³/mol. The number of nitrogens with one attached hydrogen (secondary N) is 2. The number of anilines is 2. The van der Waals surface area contributed by atoms with Gasteiger partial charge in [0.2, 0.25) is 5.91 Å². The zero-order valence-electron chi connectivity index (χ0n) is 14.3. The molecule has 0 aliphatic rings. The summed E-state index contributed by atoms with van der Waals surface area (Å²) in [5, 5.41) is 6.39. The second kappa shape index (κ2) is 9.08. The van der Waals surface area contributed by atoms with E-state index in [1.807, 2.05) is 19.9 Å². The van der Waals surface area contributed by atoms with Gasteiger partial charge in [-0.15, -0.1) is 0 Å². The third kappa shape index (κ3) is 5.80. The molecule has 0 saturated heterocycles. The Morgan fingerprint density at radius 1 is 1.12 bits per heavy atom. The monoisotopic (exact) mass is 360 g/mol.